The van der Waals surface area contributed by atoms with Gasteiger partial charge in [-0.25, -0.2) is 0 Å². The number of hydrogen-bond donors (Lipinski definition) is 0. The lowest BCUT2D eigenvalue weighted by Gasteiger charge is -2.23. The third kappa shape index (κ3) is 3.22. The van der Waals surface area contributed by atoms with Gasteiger partial charge in [0.1, 0.15) is 0 Å². The van der Waals surface area contributed by atoms with Crippen molar-refractivity contribution in [1.82, 2.24) is 4.98 Å². The number of hydrogen-bond acceptors (Lipinski definition) is 2. The van der Waals surface area contributed by atoms with E-state index in [9.17, 15) is 0 Å². The number of pyridine rings is 1. The zero-order valence-corrected chi connectivity index (χ0v) is 14.7. The van der Waals surface area contributed by atoms with Gasteiger partial charge >= 0.3 is 0 Å². The van der Waals surface area contributed by atoms with Crippen molar-refractivity contribution in [3.63, 3.8) is 0 Å². The number of para-hydroxylation sites is 1. The zero-order chi connectivity index (χ0) is 17.8. The minimum Gasteiger partial charge on any atom is -0.344 e. The quantitative estimate of drug-likeness (QED) is 0.442. The Morgan fingerprint density at radius 1 is 0.615 bits per heavy atom. The van der Waals surface area contributed by atoms with Gasteiger partial charge in [0.2, 0.25) is 0 Å². The normalized spacial score (nSPS) is 10.5. The van der Waals surface area contributed by atoms with Crippen molar-refractivity contribution in [3.05, 3.63) is 103 Å². The van der Waals surface area contributed by atoms with Crippen LogP contribution >= 0.6 is 0 Å². The molecule has 0 saturated heterocycles. The van der Waals surface area contributed by atoms with Gasteiger partial charge in [0.25, 0.3) is 0 Å². The molecule has 0 fully saturated rings. The molecule has 4 aromatic rings. The molecule has 0 aliphatic heterocycles. The van der Waals surface area contributed by atoms with E-state index in [0.29, 0.717) is 0 Å². The SMILES string of the molecule is CN(c1ccc(-c2ccccn2)cc1)c1ccccc1-c1ccccc1. The summed E-state index contributed by atoms with van der Waals surface area (Å²) in [4.78, 5) is 6.65. The van der Waals surface area contributed by atoms with E-state index < -0.39 is 0 Å². The Bertz CT molecular complexity index is 977. The predicted octanol–water partition coefficient (Wildman–Crippen LogP) is 6.18. The van der Waals surface area contributed by atoms with E-state index >= 15 is 0 Å². The van der Waals surface area contributed by atoms with E-state index in [-0.39, 0.29) is 0 Å². The second kappa shape index (κ2) is 7.24. The molecule has 26 heavy (non-hydrogen) atoms. The van der Waals surface area contributed by atoms with Gasteiger partial charge in [-0.05, 0) is 35.9 Å². The molecule has 1 aromatic heterocycles. The van der Waals surface area contributed by atoms with Gasteiger partial charge in [-0.2, -0.15) is 0 Å². The van der Waals surface area contributed by atoms with E-state index in [1.807, 2.05) is 30.5 Å². The van der Waals surface area contributed by atoms with Crippen LogP contribution in [0.25, 0.3) is 22.4 Å². The molecule has 0 aliphatic carbocycles. The Morgan fingerprint density at radius 3 is 2.04 bits per heavy atom. The van der Waals surface area contributed by atoms with Crippen molar-refractivity contribution in [2.75, 3.05) is 11.9 Å². The lowest BCUT2D eigenvalue weighted by atomic mass is 10.0. The van der Waals surface area contributed by atoms with E-state index in [1.165, 1.54) is 16.8 Å². The van der Waals surface area contributed by atoms with Gasteiger partial charge in [-0.3, -0.25) is 4.98 Å². The van der Waals surface area contributed by atoms with Crippen LogP contribution < -0.4 is 4.90 Å². The molecular formula is C24H20N2. The molecule has 1 heterocycles. The summed E-state index contributed by atoms with van der Waals surface area (Å²) in [5.74, 6) is 0. The molecule has 4 rings (SSSR count). The number of aromatic nitrogens is 1. The van der Waals surface area contributed by atoms with Crippen LogP contribution in [0.4, 0.5) is 11.4 Å². The van der Waals surface area contributed by atoms with E-state index in [4.69, 9.17) is 0 Å². The van der Waals surface area contributed by atoms with Gasteiger partial charge < -0.3 is 4.90 Å². The molecule has 0 spiro atoms. The minimum atomic E-state index is 0.992. The molecule has 0 unspecified atom stereocenters. The van der Waals surface area contributed by atoms with Crippen LogP contribution in [0.2, 0.25) is 0 Å². The van der Waals surface area contributed by atoms with Crippen LogP contribution in [0, 0.1) is 0 Å². The molecule has 0 atom stereocenters. The zero-order valence-electron chi connectivity index (χ0n) is 14.7. The summed E-state index contributed by atoms with van der Waals surface area (Å²) in [6, 6.07) is 33.5. The number of anilines is 2. The first-order chi connectivity index (χ1) is 12.8. The Hall–Kier alpha value is -3.39. The fourth-order valence-electron chi connectivity index (χ4n) is 3.16. The van der Waals surface area contributed by atoms with Crippen molar-refractivity contribution >= 4 is 11.4 Å². The summed E-state index contributed by atoms with van der Waals surface area (Å²) in [7, 11) is 2.11. The summed E-state index contributed by atoms with van der Waals surface area (Å²) in [6.07, 6.45) is 1.82. The monoisotopic (exact) mass is 336 g/mol. The Labute approximate surface area is 154 Å². The summed E-state index contributed by atoms with van der Waals surface area (Å²) in [5, 5.41) is 0. The number of benzene rings is 3. The number of rotatable bonds is 4. The van der Waals surface area contributed by atoms with Gasteiger partial charge in [-0.15, -0.1) is 0 Å². The molecule has 2 heteroatoms. The largest absolute Gasteiger partial charge is 0.344 e. The molecule has 126 valence electrons. The molecule has 3 aromatic carbocycles. The van der Waals surface area contributed by atoms with E-state index in [1.54, 1.807) is 0 Å². The van der Waals surface area contributed by atoms with E-state index in [0.717, 1.165) is 16.9 Å². The minimum absolute atomic E-state index is 0.992. The first kappa shape index (κ1) is 16.1. The molecular weight excluding hydrogens is 316 g/mol. The molecule has 0 bridgehead atoms. The standard InChI is InChI=1S/C24H20N2/c1-26(21-16-14-20(15-17-21)23-12-7-8-18-25-23)24-13-6-5-11-22(24)19-9-3-2-4-10-19/h2-18H,1H3. The summed E-state index contributed by atoms with van der Waals surface area (Å²) >= 11 is 0. The Balaban J connectivity index is 1.68. The van der Waals surface area contributed by atoms with Gasteiger partial charge in [0.15, 0.2) is 0 Å². The lowest BCUT2D eigenvalue weighted by Crippen LogP contribution is -2.10. The summed E-state index contributed by atoms with van der Waals surface area (Å²) in [5.41, 5.74) is 6.90. The van der Waals surface area contributed by atoms with Crippen LogP contribution in [0.1, 0.15) is 0 Å². The molecule has 2 nitrogen and oxygen atoms in total. The predicted molar refractivity (Wildman–Crippen MR) is 110 cm³/mol. The highest BCUT2D eigenvalue weighted by Crippen LogP contribution is 2.34. The topological polar surface area (TPSA) is 16.1 Å². The first-order valence-corrected chi connectivity index (χ1v) is 8.72. The average Bonchev–Trinajstić information content (AvgIpc) is 2.75. The maximum absolute atomic E-state index is 4.42. The second-order valence-corrected chi connectivity index (χ2v) is 6.20. The number of nitrogens with zero attached hydrogens (tertiary/aromatic N) is 2. The van der Waals surface area contributed by atoms with Gasteiger partial charge in [0, 0.05) is 35.7 Å². The fraction of sp³-hybridized carbons (Fsp3) is 0.0417. The summed E-state index contributed by atoms with van der Waals surface area (Å²) < 4.78 is 0. The lowest BCUT2D eigenvalue weighted by molar-refractivity contribution is 1.21. The van der Waals surface area contributed by atoms with Crippen LogP contribution in [0.5, 0.6) is 0 Å². The van der Waals surface area contributed by atoms with Crippen LogP contribution in [0.15, 0.2) is 103 Å². The van der Waals surface area contributed by atoms with Gasteiger partial charge in [0.05, 0.1) is 5.69 Å². The third-order valence-corrected chi connectivity index (χ3v) is 4.57. The van der Waals surface area contributed by atoms with Crippen molar-refractivity contribution in [3.8, 4) is 22.4 Å². The van der Waals surface area contributed by atoms with Gasteiger partial charge in [-0.1, -0.05) is 66.7 Å². The Kier molecular flexibility index (Phi) is 4.48. The molecule has 0 amide bonds. The summed E-state index contributed by atoms with van der Waals surface area (Å²) in [6.45, 7) is 0. The van der Waals surface area contributed by atoms with Crippen molar-refractivity contribution in [1.29, 1.82) is 0 Å². The van der Waals surface area contributed by atoms with Crippen LogP contribution in [-0.2, 0) is 0 Å². The molecule has 0 N–H and O–H groups in total. The van der Waals surface area contributed by atoms with Crippen LogP contribution in [0.3, 0.4) is 0 Å². The van der Waals surface area contributed by atoms with Crippen LogP contribution in [-0.4, -0.2) is 12.0 Å². The highest BCUT2D eigenvalue weighted by Gasteiger charge is 2.10. The Morgan fingerprint density at radius 2 is 1.31 bits per heavy atom. The highest BCUT2D eigenvalue weighted by molar-refractivity contribution is 5.82. The molecule has 0 aliphatic rings. The first-order valence-electron chi connectivity index (χ1n) is 8.72. The molecule has 0 radical (unpaired) electrons. The van der Waals surface area contributed by atoms with Crippen molar-refractivity contribution in [2.45, 2.75) is 0 Å². The van der Waals surface area contributed by atoms with Crippen molar-refractivity contribution < 1.29 is 0 Å². The smallest absolute Gasteiger partial charge is 0.0701 e. The molecule has 0 saturated carbocycles. The highest BCUT2D eigenvalue weighted by atomic mass is 15.1. The average molecular weight is 336 g/mol. The van der Waals surface area contributed by atoms with E-state index in [2.05, 4.69) is 89.7 Å². The van der Waals surface area contributed by atoms with Crippen molar-refractivity contribution in [2.24, 2.45) is 0 Å². The second-order valence-electron chi connectivity index (χ2n) is 6.20. The maximum atomic E-state index is 4.42. The fourth-order valence-corrected chi connectivity index (χ4v) is 3.16. The third-order valence-electron chi connectivity index (χ3n) is 4.57. The maximum Gasteiger partial charge on any atom is 0.0701 e.